The lowest BCUT2D eigenvalue weighted by Gasteiger charge is -2.07. The normalized spacial score (nSPS) is 10.2. The molecule has 0 aliphatic carbocycles. The summed E-state index contributed by atoms with van der Waals surface area (Å²) >= 11 is 0. The third kappa shape index (κ3) is 1.71. The molecule has 1 aromatic heterocycles. The third-order valence-electron chi connectivity index (χ3n) is 2.25. The molecule has 0 fully saturated rings. The van der Waals surface area contributed by atoms with Crippen LogP contribution in [0.3, 0.4) is 0 Å². The second kappa shape index (κ2) is 4.22. The lowest BCUT2D eigenvalue weighted by Crippen LogP contribution is -1.91. The number of rotatable bonds is 3. The summed E-state index contributed by atoms with van der Waals surface area (Å²) < 4.78 is 22.3. The molecule has 2 aromatic rings. The van der Waals surface area contributed by atoms with Gasteiger partial charge in [-0.25, -0.2) is 4.98 Å². The third-order valence-corrected chi connectivity index (χ3v) is 2.25. The van der Waals surface area contributed by atoms with Gasteiger partial charge in [0.15, 0.2) is 0 Å². The van der Waals surface area contributed by atoms with Gasteiger partial charge < -0.3 is 9.47 Å². The number of halogens is 1. The van der Waals surface area contributed by atoms with Crippen LogP contribution in [0.2, 0.25) is 0 Å². The first kappa shape index (κ1) is 10.5. The van der Waals surface area contributed by atoms with Gasteiger partial charge in [0.05, 0.1) is 19.7 Å². The minimum Gasteiger partial charge on any atom is -0.497 e. The van der Waals surface area contributed by atoms with E-state index in [-0.39, 0.29) is 5.88 Å². The Labute approximate surface area is 91.5 Å². The van der Waals surface area contributed by atoms with Crippen molar-refractivity contribution in [1.82, 2.24) is 4.98 Å². The van der Waals surface area contributed by atoms with Gasteiger partial charge in [0.2, 0.25) is 0 Å². The number of pyridine rings is 1. The Morgan fingerprint density at radius 2 is 1.94 bits per heavy atom. The molecule has 4 nitrogen and oxygen atoms in total. The summed E-state index contributed by atoms with van der Waals surface area (Å²) in [6, 6.07) is 6.64. The summed E-state index contributed by atoms with van der Waals surface area (Å²) in [7, 11) is 3.05. The quantitative estimate of drug-likeness (QED) is 0.801. The second-order valence-corrected chi connectivity index (χ2v) is 3.12. The number of benzene rings is 1. The Morgan fingerprint density at radius 3 is 2.56 bits per heavy atom. The first-order valence-electron chi connectivity index (χ1n) is 4.60. The SMILES string of the molecule is COc1ccc2c(OC)cc(OF)nc2c1. The minimum absolute atomic E-state index is 0.141. The molecule has 1 aromatic carbocycles. The average Bonchev–Trinajstić information content (AvgIpc) is 2.36. The molecule has 0 bridgehead atoms. The van der Waals surface area contributed by atoms with Crippen LogP contribution in [0.4, 0.5) is 4.53 Å². The summed E-state index contributed by atoms with van der Waals surface area (Å²) in [4.78, 5) is 7.56. The first-order chi connectivity index (χ1) is 7.78. The van der Waals surface area contributed by atoms with E-state index in [1.807, 2.05) is 0 Å². The van der Waals surface area contributed by atoms with E-state index in [0.717, 1.165) is 5.39 Å². The molecular weight excluding hydrogens is 213 g/mol. The van der Waals surface area contributed by atoms with Crippen molar-refractivity contribution in [1.29, 1.82) is 0 Å². The minimum atomic E-state index is -0.141. The smallest absolute Gasteiger partial charge is 0.267 e. The van der Waals surface area contributed by atoms with E-state index < -0.39 is 0 Å². The van der Waals surface area contributed by atoms with Crippen molar-refractivity contribution in [2.45, 2.75) is 0 Å². The molecule has 5 heteroatoms. The van der Waals surface area contributed by atoms with Crippen LogP contribution in [-0.2, 0) is 0 Å². The molecule has 0 aliphatic rings. The zero-order valence-corrected chi connectivity index (χ0v) is 8.86. The van der Waals surface area contributed by atoms with E-state index in [1.165, 1.54) is 13.2 Å². The molecule has 84 valence electrons. The molecule has 0 atom stereocenters. The van der Waals surface area contributed by atoms with Crippen molar-refractivity contribution < 1.29 is 18.9 Å². The van der Waals surface area contributed by atoms with Gasteiger partial charge in [-0.15, -0.1) is 0 Å². The highest BCUT2D eigenvalue weighted by Gasteiger charge is 2.08. The number of hydrogen-bond acceptors (Lipinski definition) is 4. The average molecular weight is 223 g/mol. The van der Waals surface area contributed by atoms with E-state index in [9.17, 15) is 4.53 Å². The van der Waals surface area contributed by atoms with Crippen LogP contribution >= 0.6 is 0 Å². The van der Waals surface area contributed by atoms with E-state index in [2.05, 4.69) is 9.93 Å². The van der Waals surface area contributed by atoms with Crippen molar-refractivity contribution in [3.05, 3.63) is 24.3 Å². The molecule has 0 N–H and O–H groups in total. The molecule has 0 saturated carbocycles. The predicted octanol–water partition coefficient (Wildman–Crippen LogP) is 2.52. The molecule has 2 rings (SSSR count). The predicted molar refractivity (Wildman–Crippen MR) is 56.6 cm³/mol. The lowest BCUT2D eigenvalue weighted by molar-refractivity contribution is -0.0116. The second-order valence-electron chi connectivity index (χ2n) is 3.12. The van der Waals surface area contributed by atoms with Gasteiger partial charge in [0, 0.05) is 22.0 Å². The fraction of sp³-hybridized carbons (Fsp3) is 0.182. The molecule has 0 radical (unpaired) electrons. The Morgan fingerprint density at radius 1 is 1.12 bits per heavy atom. The fourth-order valence-corrected chi connectivity index (χ4v) is 1.49. The number of aromatic nitrogens is 1. The molecule has 0 spiro atoms. The van der Waals surface area contributed by atoms with Gasteiger partial charge in [-0.05, 0) is 12.1 Å². The van der Waals surface area contributed by atoms with E-state index in [0.29, 0.717) is 17.0 Å². The topological polar surface area (TPSA) is 40.6 Å². The Balaban J connectivity index is 2.68. The summed E-state index contributed by atoms with van der Waals surface area (Å²) in [6.45, 7) is 0. The zero-order valence-electron chi connectivity index (χ0n) is 8.86. The number of methoxy groups -OCH3 is 2. The maximum atomic E-state index is 12.1. The molecular formula is C11H10FNO3. The highest BCUT2D eigenvalue weighted by Crippen LogP contribution is 2.30. The van der Waals surface area contributed by atoms with Gasteiger partial charge in [0.1, 0.15) is 11.5 Å². The molecule has 0 amide bonds. The summed E-state index contributed by atoms with van der Waals surface area (Å²) in [5.41, 5.74) is 0.548. The maximum absolute atomic E-state index is 12.1. The van der Waals surface area contributed by atoms with Crippen LogP contribution in [-0.4, -0.2) is 19.2 Å². The number of nitrogens with zero attached hydrogens (tertiary/aromatic N) is 1. The van der Waals surface area contributed by atoms with E-state index >= 15 is 0 Å². The van der Waals surface area contributed by atoms with Crippen molar-refractivity contribution in [2.75, 3.05) is 14.2 Å². The largest absolute Gasteiger partial charge is 0.497 e. The number of ether oxygens (including phenoxy) is 2. The van der Waals surface area contributed by atoms with Crippen molar-refractivity contribution in [3.8, 4) is 17.4 Å². The Hall–Kier alpha value is -2.04. The fourth-order valence-electron chi connectivity index (χ4n) is 1.49. The molecule has 16 heavy (non-hydrogen) atoms. The lowest BCUT2D eigenvalue weighted by atomic mass is 10.2. The molecule has 0 aliphatic heterocycles. The highest BCUT2D eigenvalue weighted by atomic mass is 19.3. The zero-order chi connectivity index (χ0) is 11.5. The molecule has 0 saturated heterocycles. The van der Waals surface area contributed by atoms with Gasteiger partial charge >= 0.3 is 0 Å². The van der Waals surface area contributed by atoms with Crippen molar-refractivity contribution >= 4 is 10.9 Å². The van der Waals surface area contributed by atoms with Gasteiger partial charge in [-0.2, -0.15) is 0 Å². The van der Waals surface area contributed by atoms with E-state index in [1.54, 1.807) is 25.3 Å². The highest BCUT2D eigenvalue weighted by molar-refractivity contribution is 5.86. The van der Waals surface area contributed by atoms with Gasteiger partial charge in [-0.3, -0.25) is 4.94 Å². The van der Waals surface area contributed by atoms with Crippen LogP contribution in [0.15, 0.2) is 24.3 Å². The summed E-state index contributed by atoms with van der Waals surface area (Å²) in [5, 5.41) is 0.768. The van der Waals surface area contributed by atoms with Crippen LogP contribution in [0, 0.1) is 0 Å². The maximum Gasteiger partial charge on any atom is 0.267 e. The van der Waals surface area contributed by atoms with Crippen LogP contribution in [0.1, 0.15) is 0 Å². The Kier molecular flexibility index (Phi) is 2.76. The standard InChI is InChI=1S/C11H10FNO3/c1-14-7-3-4-8-9(5-7)13-11(16-12)6-10(8)15-2/h3-6H,1-2H3. The number of fused-ring (bicyclic) bond motifs is 1. The van der Waals surface area contributed by atoms with Crippen LogP contribution < -0.4 is 14.4 Å². The monoisotopic (exact) mass is 223 g/mol. The molecule has 0 unspecified atom stereocenters. The Bertz CT molecular complexity index is 511. The summed E-state index contributed by atoms with van der Waals surface area (Å²) in [5.74, 6) is 0.996. The summed E-state index contributed by atoms with van der Waals surface area (Å²) in [6.07, 6.45) is 0. The van der Waals surface area contributed by atoms with Crippen molar-refractivity contribution in [2.24, 2.45) is 0 Å². The van der Waals surface area contributed by atoms with Crippen LogP contribution in [0.25, 0.3) is 10.9 Å². The molecule has 1 heterocycles. The number of hydrogen-bond donors (Lipinski definition) is 0. The van der Waals surface area contributed by atoms with E-state index in [4.69, 9.17) is 9.47 Å². The van der Waals surface area contributed by atoms with Gasteiger partial charge in [0.25, 0.3) is 5.88 Å². The van der Waals surface area contributed by atoms with Crippen LogP contribution in [0.5, 0.6) is 17.4 Å². The van der Waals surface area contributed by atoms with Crippen molar-refractivity contribution in [3.63, 3.8) is 0 Å². The first-order valence-corrected chi connectivity index (χ1v) is 4.60. The van der Waals surface area contributed by atoms with Gasteiger partial charge in [-0.1, -0.05) is 0 Å².